The van der Waals surface area contributed by atoms with Gasteiger partial charge in [0.05, 0.1) is 17.2 Å². The Morgan fingerprint density at radius 1 is 1.06 bits per heavy atom. The molecule has 2 heterocycles. The third-order valence-electron chi connectivity index (χ3n) is 5.42. The van der Waals surface area contributed by atoms with Crippen molar-refractivity contribution < 1.29 is 9.53 Å². The van der Waals surface area contributed by atoms with Crippen molar-refractivity contribution in [1.29, 1.82) is 0 Å². The number of halogens is 2. The summed E-state index contributed by atoms with van der Waals surface area (Å²) in [6.45, 7) is 0.728. The SMILES string of the molecule is COc1ccc(-c2nc3ccc(NCc4ccc(Cl)c(Cl)c4)nc3n(CCCC(N)=O)c2=O)cc1. The van der Waals surface area contributed by atoms with E-state index in [-0.39, 0.29) is 24.2 Å². The van der Waals surface area contributed by atoms with Gasteiger partial charge in [0, 0.05) is 25.1 Å². The molecule has 3 N–H and O–H groups in total. The molecule has 0 saturated heterocycles. The number of amides is 1. The Balaban J connectivity index is 1.71. The number of hydrogen-bond donors (Lipinski definition) is 2. The molecule has 1 amide bonds. The third kappa shape index (κ3) is 5.72. The molecule has 0 radical (unpaired) electrons. The summed E-state index contributed by atoms with van der Waals surface area (Å²) in [6, 6.07) is 16.1. The zero-order valence-electron chi connectivity index (χ0n) is 18.9. The summed E-state index contributed by atoms with van der Waals surface area (Å²) in [7, 11) is 1.58. The third-order valence-corrected chi connectivity index (χ3v) is 6.16. The first kappa shape index (κ1) is 24.5. The Bertz CT molecular complexity index is 1440. The Morgan fingerprint density at radius 2 is 1.83 bits per heavy atom. The number of pyridine rings is 1. The minimum atomic E-state index is -0.427. The molecule has 0 spiro atoms. The van der Waals surface area contributed by atoms with E-state index in [0.29, 0.717) is 51.3 Å². The van der Waals surface area contributed by atoms with Crippen LogP contribution in [-0.2, 0) is 17.9 Å². The average Bonchev–Trinajstić information content (AvgIpc) is 2.85. The van der Waals surface area contributed by atoms with Crippen LogP contribution < -0.4 is 21.3 Å². The van der Waals surface area contributed by atoms with Gasteiger partial charge in [-0.3, -0.25) is 14.2 Å². The zero-order valence-corrected chi connectivity index (χ0v) is 20.4. The normalized spacial score (nSPS) is 10.9. The van der Waals surface area contributed by atoms with Gasteiger partial charge in [0.25, 0.3) is 5.56 Å². The lowest BCUT2D eigenvalue weighted by Crippen LogP contribution is -2.25. The number of carbonyl (C=O) groups excluding carboxylic acids is 1. The molecule has 8 nitrogen and oxygen atoms in total. The molecule has 2 aromatic carbocycles. The predicted molar refractivity (Wildman–Crippen MR) is 138 cm³/mol. The highest BCUT2D eigenvalue weighted by Gasteiger charge is 2.15. The number of carbonyl (C=O) groups is 1. The Hall–Kier alpha value is -3.62. The van der Waals surface area contributed by atoms with Crippen LogP contribution in [0.3, 0.4) is 0 Å². The maximum atomic E-state index is 13.4. The topological polar surface area (TPSA) is 112 Å². The summed E-state index contributed by atoms with van der Waals surface area (Å²) < 4.78 is 6.74. The lowest BCUT2D eigenvalue weighted by atomic mass is 10.1. The van der Waals surface area contributed by atoms with E-state index in [1.165, 1.54) is 4.57 Å². The second-order valence-corrected chi connectivity index (χ2v) is 8.67. The fourth-order valence-corrected chi connectivity index (χ4v) is 3.94. The van der Waals surface area contributed by atoms with Gasteiger partial charge in [0.1, 0.15) is 22.8 Å². The number of benzene rings is 2. The lowest BCUT2D eigenvalue weighted by molar-refractivity contribution is -0.118. The number of fused-ring (bicyclic) bond motifs is 1. The molecule has 0 aliphatic rings. The maximum Gasteiger partial charge on any atom is 0.278 e. The Kier molecular flexibility index (Phi) is 7.53. The van der Waals surface area contributed by atoms with Crippen LogP contribution in [-0.4, -0.2) is 27.6 Å². The summed E-state index contributed by atoms with van der Waals surface area (Å²) in [5.74, 6) is 0.810. The molecule has 0 fully saturated rings. The number of primary amides is 1. The molecule has 0 aliphatic heterocycles. The van der Waals surface area contributed by atoms with E-state index < -0.39 is 5.91 Å². The van der Waals surface area contributed by atoms with Gasteiger partial charge in [-0.05, 0) is 60.5 Å². The van der Waals surface area contributed by atoms with Crippen molar-refractivity contribution in [3.63, 3.8) is 0 Å². The second-order valence-electron chi connectivity index (χ2n) is 7.86. The fourth-order valence-electron chi connectivity index (χ4n) is 3.62. The van der Waals surface area contributed by atoms with Crippen LogP contribution in [0.4, 0.5) is 5.82 Å². The molecule has 2 aromatic heterocycles. The highest BCUT2D eigenvalue weighted by Crippen LogP contribution is 2.24. The van der Waals surface area contributed by atoms with Gasteiger partial charge in [0.15, 0.2) is 5.65 Å². The van der Waals surface area contributed by atoms with E-state index in [2.05, 4.69) is 15.3 Å². The monoisotopic (exact) mass is 511 g/mol. The fraction of sp³-hybridized carbons (Fsp3) is 0.200. The molecule has 0 aliphatic carbocycles. The molecule has 0 bridgehead atoms. The van der Waals surface area contributed by atoms with Crippen LogP contribution in [0.2, 0.25) is 10.0 Å². The van der Waals surface area contributed by atoms with E-state index in [9.17, 15) is 9.59 Å². The first-order valence-corrected chi connectivity index (χ1v) is 11.6. The van der Waals surface area contributed by atoms with Crippen molar-refractivity contribution in [3.8, 4) is 17.0 Å². The van der Waals surface area contributed by atoms with Crippen molar-refractivity contribution >= 4 is 46.1 Å². The van der Waals surface area contributed by atoms with Gasteiger partial charge in [0.2, 0.25) is 5.91 Å². The number of aryl methyl sites for hydroxylation is 1. The van der Waals surface area contributed by atoms with Gasteiger partial charge in [-0.2, -0.15) is 0 Å². The van der Waals surface area contributed by atoms with Crippen molar-refractivity contribution in [2.45, 2.75) is 25.9 Å². The summed E-state index contributed by atoms with van der Waals surface area (Å²) in [5, 5.41) is 4.19. The molecule has 0 unspecified atom stereocenters. The van der Waals surface area contributed by atoms with Gasteiger partial charge >= 0.3 is 0 Å². The smallest absolute Gasteiger partial charge is 0.278 e. The Morgan fingerprint density at radius 3 is 2.51 bits per heavy atom. The number of nitrogens with zero attached hydrogens (tertiary/aromatic N) is 3. The summed E-state index contributed by atoms with van der Waals surface area (Å²) in [6.07, 6.45) is 0.558. The maximum absolute atomic E-state index is 13.4. The number of methoxy groups -OCH3 is 1. The number of rotatable bonds is 9. The van der Waals surface area contributed by atoms with Crippen molar-refractivity contribution in [2.24, 2.45) is 5.73 Å². The molecule has 0 atom stereocenters. The lowest BCUT2D eigenvalue weighted by Gasteiger charge is -2.13. The van der Waals surface area contributed by atoms with E-state index in [1.54, 1.807) is 55.6 Å². The highest BCUT2D eigenvalue weighted by molar-refractivity contribution is 6.42. The molecule has 4 rings (SSSR count). The number of anilines is 1. The van der Waals surface area contributed by atoms with Crippen LogP contribution in [0, 0.1) is 0 Å². The molecule has 0 saturated carbocycles. The molecule has 180 valence electrons. The largest absolute Gasteiger partial charge is 0.497 e. The van der Waals surface area contributed by atoms with Crippen LogP contribution in [0.5, 0.6) is 5.75 Å². The van der Waals surface area contributed by atoms with Crippen molar-refractivity contribution in [3.05, 3.63) is 80.6 Å². The first-order valence-electron chi connectivity index (χ1n) is 10.9. The van der Waals surface area contributed by atoms with E-state index >= 15 is 0 Å². The number of aromatic nitrogens is 3. The van der Waals surface area contributed by atoms with E-state index in [1.807, 2.05) is 6.07 Å². The average molecular weight is 512 g/mol. The number of nitrogens with one attached hydrogen (secondary N) is 1. The standard InChI is InChI=1S/C25H23Cl2N5O3/c1-35-17-7-5-16(6-8-17)23-25(34)32(12-2-3-21(28)33)24-20(30-23)10-11-22(31-24)29-14-15-4-9-18(26)19(27)13-15/h4-11,13H,2-3,12,14H2,1H3,(H2,28,33)(H,29,31). The van der Waals surface area contributed by atoms with Crippen molar-refractivity contribution in [2.75, 3.05) is 12.4 Å². The zero-order chi connectivity index (χ0) is 24.9. The Labute approximate surface area is 211 Å². The highest BCUT2D eigenvalue weighted by atomic mass is 35.5. The number of hydrogen-bond acceptors (Lipinski definition) is 6. The molecule has 4 aromatic rings. The van der Waals surface area contributed by atoms with Crippen LogP contribution in [0.25, 0.3) is 22.4 Å². The number of nitrogens with two attached hydrogens (primary N) is 1. The van der Waals surface area contributed by atoms with Crippen molar-refractivity contribution in [1.82, 2.24) is 14.5 Å². The molecule has 10 heteroatoms. The van der Waals surface area contributed by atoms with Gasteiger partial charge in [-0.25, -0.2) is 9.97 Å². The van der Waals surface area contributed by atoms with E-state index in [0.717, 1.165) is 5.56 Å². The minimum Gasteiger partial charge on any atom is -0.497 e. The van der Waals surface area contributed by atoms with E-state index in [4.69, 9.17) is 33.7 Å². The van der Waals surface area contributed by atoms with Gasteiger partial charge in [-0.15, -0.1) is 0 Å². The van der Waals surface area contributed by atoms with Gasteiger partial charge in [-0.1, -0.05) is 29.3 Å². The second kappa shape index (κ2) is 10.8. The summed E-state index contributed by atoms with van der Waals surface area (Å²) in [5.41, 5.74) is 7.83. The quantitative estimate of drug-likeness (QED) is 0.338. The van der Waals surface area contributed by atoms with Crippen LogP contribution in [0.15, 0.2) is 59.4 Å². The first-order chi connectivity index (χ1) is 16.9. The molecule has 35 heavy (non-hydrogen) atoms. The van der Waals surface area contributed by atoms with Gasteiger partial charge < -0.3 is 15.8 Å². The summed E-state index contributed by atoms with van der Waals surface area (Å²) in [4.78, 5) is 34.0. The molecular weight excluding hydrogens is 489 g/mol. The minimum absolute atomic E-state index is 0.156. The molecular formula is C25H23Cl2N5O3. The number of ether oxygens (including phenoxy) is 1. The van der Waals surface area contributed by atoms with Crippen LogP contribution in [0.1, 0.15) is 18.4 Å². The summed E-state index contributed by atoms with van der Waals surface area (Å²) >= 11 is 12.1. The van der Waals surface area contributed by atoms with Crippen LogP contribution >= 0.6 is 23.2 Å². The predicted octanol–water partition coefficient (Wildman–Crippen LogP) is 4.65.